The Morgan fingerprint density at radius 1 is 1.35 bits per heavy atom. The summed E-state index contributed by atoms with van der Waals surface area (Å²) in [5.74, 6) is -0.874. The molecule has 110 valence electrons. The summed E-state index contributed by atoms with van der Waals surface area (Å²) in [4.78, 5) is 13.3. The van der Waals surface area contributed by atoms with Gasteiger partial charge in [0.15, 0.2) is 0 Å². The average molecular weight is 276 g/mol. The van der Waals surface area contributed by atoms with Crippen LogP contribution in [0.1, 0.15) is 42.6 Å². The summed E-state index contributed by atoms with van der Waals surface area (Å²) in [6.45, 7) is 8.63. The summed E-state index contributed by atoms with van der Waals surface area (Å²) in [6, 6.07) is 7.05. The maximum absolute atomic E-state index is 10.8. The van der Waals surface area contributed by atoms with Crippen molar-refractivity contribution in [3.05, 3.63) is 35.4 Å². The van der Waals surface area contributed by atoms with Gasteiger partial charge < -0.3 is 10.4 Å². The van der Waals surface area contributed by atoms with E-state index in [-0.39, 0.29) is 0 Å². The maximum Gasteiger partial charge on any atom is 0.335 e. The minimum absolute atomic E-state index is 0.338. The van der Waals surface area contributed by atoms with Crippen LogP contribution in [0.25, 0.3) is 0 Å². The SMILES string of the molecule is CC1(C)CCCN1CCNCc1ccc(C(=O)O)cc1. The third-order valence-electron chi connectivity index (χ3n) is 4.16. The van der Waals surface area contributed by atoms with E-state index in [1.807, 2.05) is 12.1 Å². The molecule has 1 aromatic rings. The van der Waals surface area contributed by atoms with Crippen LogP contribution in [0.5, 0.6) is 0 Å². The molecule has 2 rings (SSSR count). The molecule has 0 amide bonds. The topological polar surface area (TPSA) is 52.6 Å². The Hall–Kier alpha value is -1.39. The van der Waals surface area contributed by atoms with Crippen LogP contribution in [0.15, 0.2) is 24.3 Å². The smallest absolute Gasteiger partial charge is 0.335 e. The highest BCUT2D eigenvalue weighted by molar-refractivity contribution is 5.87. The molecule has 1 aliphatic heterocycles. The molecular formula is C16H24N2O2. The Morgan fingerprint density at radius 2 is 2.05 bits per heavy atom. The first-order valence-electron chi connectivity index (χ1n) is 7.27. The van der Waals surface area contributed by atoms with Gasteiger partial charge in [0.2, 0.25) is 0 Å². The zero-order valence-corrected chi connectivity index (χ0v) is 12.4. The number of hydrogen-bond acceptors (Lipinski definition) is 3. The van der Waals surface area contributed by atoms with Gasteiger partial charge in [0.25, 0.3) is 0 Å². The molecule has 0 atom stereocenters. The molecule has 1 heterocycles. The molecule has 1 fully saturated rings. The Morgan fingerprint density at radius 3 is 2.60 bits per heavy atom. The standard InChI is InChI=1S/C16H24N2O2/c1-16(2)8-3-10-18(16)11-9-17-12-13-4-6-14(7-5-13)15(19)20/h4-7,17H,3,8-12H2,1-2H3,(H,19,20). The quantitative estimate of drug-likeness (QED) is 0.783. The van der Waals surface area contributed by atoms with Gasteiger partial charge in [-0.05, 0) is 50.9 Å². The number of likely N-dealkylation sites (tertiary alicyclic amines) is 1. The van der Waals surface area contributed by atoms with Crippen molar-refractivity contribution in [2.75, 3.05) is 19.6 Å². The van der Waals surface area contributed by atoms with Gasteiger partial charge in [0.05, 0.1) is 5.56 Å². The second-order valence-electron chi connectivity index (χ2n) is 6.08. The predicted octanol–water partition coefficient (Wildman–Crippen LogP) is 2.35. The molecule has 0 aromatic heterocycles. The molecule has 0 unspecified atom stereocenters. The highest BCUT2D eigenvalue weighted by atomic mass is 16.4. The van der Waals surface area contributed by atoms with Crippen molar-refractivity contribution in [1.29, 1.82) is 0 Å². The van der Waals surface area contributed by atoms with E-state index in [4.69, 9.17) is 5.11 Å². The lowest BCUT2D eigenvalue weighted by atomic mass is 10.0. The molecular weight excluding hydrogens is 252 g/mol. The molecule has 4 heteroatoms. The lowest BCUT2D eigenvalue weighted by Gasteiger charge is -2.31. The number of carboxylic acids is 1. The number of rotatable bonds is 6. The lowest BCUT2D eigenvalue weighted by Crippen LogP contribution is -2.41. The van der Waals surface area contributed by atoms with Crippen LogP contribution in [0.2, 0.25) is 0 Å². The van der Waals surface area contributed by atoms with E-state index >= 15 is 0 Å². The Labute approximate surface area is 120 Å². The summed E-state index contributed by atoms with van der Waals surface area (Å²) in [5.41, 5.74) is 1.80. The van der Waals surface area contributed by atoms with Gasteiger partial charge in [-0.3, -0.25) is 4.90 Å². The summed E-state index contributed by atoms with van der Waals surface area (Å²) < 4.78 is 0. The lowest BCUT2D eigenvalue weighted by molar-refractivity contribution is 0.0697. The molecule has 2 N–H and O–H groups in total. The molecule has 0 radical (unpaired) electrons. The minimum atomic E-state index is -0.874. The van der Waals surface area contributed by atoms with Crippen LogP contribution in [-0.4, -0.2) is 41.1 Å². The van der Waals surface area contributed by atoms with E-state index in [0.717, 1.165) is 25.2 Å². The van der Waals surface area contributed by atoms with Crippen LogP contribution in [-0.2, 0) is 6.54 Å². The number of hydrogen-bond donors (Lipinski definition) is 2. The highest BCUT2D eigenvalue weighted by Gasteiger charge is 2.30. The van der Waals surface area contributed by atoms with Crippen molar-refractivity contribution in [1.82, 2.24) is 10.2 Å². The first kappa shape index (κ1) is 15.0. The van der Waals surface area contributed by atoms with E-state index in [2.05, 4.69) is 24.1 Å². The third kappa shape index (κ3) is 3.81. The van der Waals surface area contributed by atoms with Gasteiger partial charge >= 0.3 is 5.97 Å². The van der Waals surface area contributed by atoms with Crippen LogP contribution >= 0.6 is 0 Å². The van der Waals surface area contributed by atoms with Crippen molar-refractivity contribution in [3.8, 4) is 0 Å². The first-order chi connectivity index (χ1) is 9.49. The molecule has 20 heavy (non-hydrogen) atoms. The first-order valence-corrected chi connectivity index (χ1v) is 7.27. The van der Waals surface area contributed by atoms with Gasteiger partial charge in [0, 0.05) is 25.2 Å². The minimum Gasteiger partial charge on any atom is -0.478 e. The largest absolute Gasteiger partial charge is 0.478 e. The zero-order chi connectivity index (χ0) is 14.6. The van der Waals surface area contributed by atoms with Gasteiger partial charge in [-0.2, -0.15) is 0 Å². The van der Waals surface area contributed by atoms with Gasteiger partial charge in [-0.25, -0.2) is 4.79 Å². The van der Waals surface area contributed by atoms with Crippen LogP contribution < -0.4 is 5.32 Å². The molecule has 1 aromatic carbocycles. The zero-order valence-electron chi connectivity index (χ0n) is 12.4. The van der Waals surface area contributed by atoms with E-state index in [1.54, 1.807) is 12.1 Å². The number of carboxylic acid groups (broad SMARTS) is 1. The number of nitrogens with zero attached hydrogens (tertiary/aromatic N) is 1. The van der Waals surface area contributed by atoms with E-state index in [0.29, 0.717) is 11.1 Å². The summed E-state index contributed by atoms with van der Waals surface area (Å²) in [6.07, 6.45) is 2.58. The highest BCUT2D eigenvalue weighted by Crippen LogP contribution is 2.27. The van der Waals surface area contributed by atoms with E-state index < -0.39 is 5.97 Å². The van der Waals surface area contributed by atoms with Crippen LogP contribution in [0, 0.1) is 0 Å². The summed E-state index contributed by atoms with van der Waals surface area (Å²) >= 11 is 0. The molecule has 0 saturated carbocycles. The molecule has 4 nitrogen and oxygen atoms in total. The van der Waals surface area contributed by atoms with Crippen molar-refractivity contribution in [3.63, 3.8) is 0 Å². The van der Waals surface area contributed by atoms with Crippen molar-refractivity contribution in [2.45, 2.75) is 38.8 Å². The number of nitrogens with one attached hydrogen (secondary N) is 1. The normalized spacial score (nSPS) is 18.3. The van der Waals surface area contributed by atoms with E-state index in [1.165, 1.54) is 19.4 Å². The average Bonchev–Trinajstić information content (AvgIpc) is 2.74. The van der Waals surface area contributed by atoms with Crippen LogP contribution in [0.4, 0.5) is 0 Å². The molecule has 1 aliphatic rings. The van der Waals surface area contributed by atoms with Gasteiger partial charge in [-0.1, -0.05) is 12.1 Å². The fraction of sp³-hybridized carbons (Fsp3) is 0.562. The van der Waals surface area contributed by atoms with Gasteiger partial charge in [-0.15, -0.1) is 0 Å². The van der Waals surface area contributed by atoms with E-state index in [9.17, 15) is 4.79 Å². The maximum atomic E-state index is 10.8. The van der Waals surface area contributed by atoms with Crippen molar-refractivity contribution >= 4 is 5.97 Å². The van der Waals surface area contributed by atoms with Crippen molar-refractivity contribution < 1.29 is 9.90 Å². The second-order valence-corrected chi connectivity index (χ2v) is 6.08. The van der Waals surface area contributed by atoms with Crippen LogP contribution in [0.3, 0.4) is 0 Å². The monoisotopic (exact) mass is 276 g/mol. The molecule has 0 spiro atoms. The Kier molecular flexibility index (Phi) is 4.78. The summed E-state index contributed by atoms with van der Waals surface area (Å²) in [5, 5.41) is 12.3. The fourth-order valence-electron chi connectivity index (χ4n) is 2.79. The number of benzene rings is 1. The Balaban J connectivity index is 1.72. The molecule has 0 aliphatic carbocycles. The number of carbonyl (C=O) groups is 1. The molecule has 0 bridgehead atoms. The number of aromatic carboxylic acids is 1. The fourth-order valence-corrected chi connectivity index (χ4v) is 2.79. The summed E-state index contributed by atoms with van der Waals surface area (Å²) in [7, 11) is 0. The Bertz CT molecular complexity index is 454. The third-order valence-corrected chi connectivity index (χ3v) is 4.16. The molecule has 1 saturated heterocycles. The second kappa shape index (κ2) is 6.37. The van der Waals surface area contributed by atoms with Crippen molar-refractivity contribution in [2.24, 2.45) is 0 Å². The van der Waals surface area contributed by atoms with Gasteiger partial charge in [0.1, 0.15) is 0 Å². The predicted molar refractivity (Wildman–Crippen MR) is 80.0 cm³/mol.